The van der Waals surface area contributed by atoms with Gasteiger partial charge in [0.05, 0.1) is 6.42 Å². The second-order valence-electron chi connectivity index (χ2n) is 6.91. The molecule has 0 aliphatic rings. The average Bonchev–Trinajstić information content (AvgIpc) is 2.69. The third-order valence-corrected chi connectivity index (χ3v) is 4.15. The van der Waals surface area contributed by atoms with Gasteiger partial charge in [-0.1, -0.05) is 30.8 Å². The molecule has 0 saturated carbocycles. The molecular weight excluding hydrogens is 414 g/mol. The summed E-state index contributed by atoms with van der Waals surface area (Å²) in [7, 11) is 0. The predicted molar refractivity (Wildman–Crippen MR) is 104 cm³/mol. The van der Waals surface area contributed by atoms with Gasteiger partial charge in [0.15, 0.2) is 0 Å². The Balaban J connectivity index is 3.89. The predicted octanol–water partition coefficient (Wildman–Crippen LogP) is 1.68. The van der Waals surface area contributed by atoms with Crippen LogP contribution in [0.25, 0.3) is 0 Å². The summed E-state index contributed by atoms with van der Waals surface area (Å²) in [4.78, 5) is 55.6. The molecule has 2 N–H and O–H groups in total. The molecule has 0 radical (unpaired) electrons. The zero-order valence-corrected chi connectivity index (χ0v) is 17.5. The largest absolute Gasteiger partial charge is 0.550 e. The molecule has 0 fully saturated rings. The van der Waals surface area contributed by atoms with Crippen LogP contribution in [0.1, 0.15) is 89.9 Å². The third kappa shape index (κ3) is 18.8. The molecular formula is C20H30NO10-. The van der Waals surface area contributed by atoms with Gasteiger partial charge in [-0.25, -0.2) is 0 Å². The molecule has 0 aromatic rings. The van der Waals surface area contributed by atoms with Crippen LogP contribution in [0.4, 0.5) is 0 Å². The summed E-state index contributed by atoms with van der Waals surface area (Å²) < 4.78 is 9.46. The Morgan fingerprint density at radius 1 is 0.613 bits per heavy atom. The van der Waals surface area contributed by atoms with Crippen LogP contribution >= 0.6 is 0 Å². The minimum absolute atomic E-state index is 0.0255. The van der Waals surface area contributed by atoms with E-state index in [9.17, 15) is 29.1 Å². The highest BCUT2D eigenvalue weighted by Crippen LogP contribution is 2.09. The Labute approximate surface area is 180 Å². The van der Waals surface area contributed by atoms with Crippen molar-refractivity contribution in [2.75, 3.05) is 0 Å². The number of hydrogen-bond acceptors (Lipinski definition) is 10. The summed E-state index contributed by atoms with van der Waals surface area (Å²) in [5, 5.41) is 30.5. The molecule has 0 aliphatic heterocycles. The van der Waals surface area contributed by atoms with Gasteiger partial charge in [-0.2, -0.15) is 0 Å². The van der Waals surface area contributed by atoms with Gasteiger partial charge in [0.1, 0.15) is 0 Å². The van der Waals surface area contributed by atoms with Crippen molar-refractivity contribution < 1.29 is 48.9 Å². The number of esters is 3. The lowest BCUT2D eigenvalue weighted by molar-refractivity contribution is -0.305. The van der Waals surface area contributed by atoms with E-state index in [0.29, 0.717) is 51.4 Å². The Kier molecular flexibility index (Phi) is 16.1. The fraction of sp³-hybridized carbons (Fsp3) is 0.700. The number of aliphatic carboxylic acids is 2. The Morgan fingerprint density at radius 3 is 1.55 bits per heavy atom. The zero-order valence-electron chi connectivity index (χ0n) is 17.5. The topological polar surface area (TPSA) is 180 Å². The van der Waals surface area contributed by atoms with Crippen molar-refractivity contribution >= 4 is 35.7 Å². The van der Waals surface area contributed by atoms with Crippen LogP contribution in [-0.4, -0.2) is 46.1 Å². The van der Waals surface area contributed by atoms with Crippen molar-refractivity contribution in [1.29, 1.82) is 0 Å². The molecule has 31 heavy (non-hydrogen) atoms. The second kappa shape index (κ2) is 17.8. The van der Waals surface area contributed by atoms with E-state index < -0.39 is 29.8 Å². The molecule has 0 atom stereocenters. The number of ether oxygens (including phenoxy) is 2. The van der Waals surface area contributed by atoms with E-state index in [-0.39, 0.29) is 44.4 Å². The summed E-state index contributed by atoms with van der Waals surface area (Å²) in [5.41, 5.74) is 0. The van der Waals surface area contributed by atoms with E-state index in [2.05, 4.69) is 9.89 Å². The molecule has 176 valence electrons. The summed E-state index contributed by atoms with van der Waals surface area (Å²) in [6, 6.07) is 0. The maximum absolute atomic E-state index is 11.7. The third-order valence-electron chi connectivity index (χ3n) is 4.15. The van der Waals surface area contributed by atoms with Crippen molar-refractivity contribution in [3.63, 3.8) is 0 Å². The van der Waals surface area contributed by atoms with Crippen molar-refractivity contribution in [1.82, 2.24) is 0 Å². The lowest BCUT2D eigenvalue weighted by Crippen LogP contribution is -2.21. The second-order valence-corrected chi connectivity index (χ2v) is 6.91. The molecule has 0 amide bonds. The molecule has 0 rings (SSSR count). The lowest BCUT2D eigenvalue weighted by Gasteiger charge is -2.07. The quantitative estimate of drug-likeness (QED) is 0.0637. The van der Waals surface area contributed by atoms with Gasteiger partial charge in [-0.05, 0) is 32.1 Å². The van der Waals surface area contributed by atoms with E-state index in [1.165, 1.54) is 0 Å². The minimum atomic E-state index is -1.11. The fourth-order valence-electron chi connectivity index (χ4n) is 2.53. The fourth-order valence-corrected chi connectivity index (χ4v) is 2.53. The van der Waals surface area contributed by atoms with Gasteiger partial charge in [0.2, 0.25) is 5.90 Å². The molecule has 0 aliphatic carbocycles. The maximum atomic E-state index is 11.7. The van der Waals surface area contributed by atoms with Crippen molar-refractivity contribution in [3.05, 3.63) is 0 Å². The van der Waals surface area contributed by atoms with Crippen LogP contribution in [0.15, 0.2) is 5.16 Å². The molecule has 0 spiro atoms. The van der Waals surface area contributed by atoms with Crippen LogP contribution in [-0.2, 0) is 33.4 Å². The number of carbonyl (C=O) groups is 5. The van der Waals surface area contributed by atoms with Crippen molar-refractivity contribution in [3.8, 4) is 0 Å². The first-order valence-corrected chi connectivity index (χ1v) is 10.3. The summed E-state index contributed by atoms with van der Waals surface area (Å²) in [5.74, 6) is -4.56. The van der Waals surface area contributed by atoms with Crippen molar-refractivity contribution in [2.45, 2.75) is 89.9 Å². The Bertz CT molecular complexity index is 629. The van der Waals surface area contributed by atoms with E-state index in [4.69, 9.17) is 15.1 Å². The molecule has 11 nitrogen and oxygen atoms in total. The number of hydrogen-bond donors (Lipinski definition) is 2. The molecule has 0 bridgehead atoms. The van der Waals surface area contributed by atoms with Gasteiger partial charge in [-0.15, -0.1) is 0 Å². The number of carboxylic acid groups (broad SMARTS) is 2. The first-order chi connectivity index (χ1) is 14.7. The number of nitrogens with zero attached hydrogens (tertiary/aromatic N) is 1. The van der Waals surface area contributed by atoms with Crippen LogP contribution < -0.4 is 5.11 Å². The standard InChI is InChI=1S/C20H31NO10/c22-16(23)9-5-1-3-7-11-18(26)30-15(21-29)13-14-20(28)31-19(27)12-8-4-2-6-10-17(24)25/h29H,1-14H2,(H,22,23)(H,24,25)/p-1/b21-15-. The highest BCUT2D eigenvalue weighted by atomic mass is 16.6. The highest BCUT2D eigenvalue weighted by Gasteiger charge is 2.15. The normalized spacial score (nSPS) is 11.0. The summed E-state index contributed by atoms with van der Waals surface area (Å²) >= 11 is 0. The lowest BCUT2D eigenvalue weighted by atomic mass is 10.1. The first-order valence-electron chi connectivity index (χ1n) is 10.3. The molecule has 11 heteroatoms. The highest BCUT2D eigenvalue weighted by molar-refractivity contribution is 5.91. The number of rotatable bonds is 17. The molecule has 0 aromatic carbocycles. The maximum Gasteiger partial charge on any atom is 0.313 e. The Hall–Kier alpha value is -2.98. The average molecular weight is 444 g/mol. The first kappa shape index (κ1) is 28.0. The Morgan fingerprint density at radius 2 is 1.06 bits per heavy atom. The van der Waals surface area contributed by atoms with Gasteiger partial charge in [-0.3, -0.25) is 19.2 Å². The van der Waals surface area contributed by atoms with E-state index in [1.807, 2.05) is 0 Å². The van der Waals surface area contributed by atoms with E-state index in [0.717, 1.165) is 0 Å². The van der Waals surface area contributed by atoms with Crippen LogP contribution in [0.5, 0.6) is 0 Å². The monoisotopic (exact) mass is 444 g/mol. The smallest absolute Gasteiger partial charge is 0.313 e. The van der Waals surface area contributed by atoms with Gasteiger partial charge < -0.3 is 29.7 Å². The van der Waals surface area contributed by atoms with Crippen LogP contribution in [0.3, 0.4) is 0 Å². The minimum Gasteiger partial charge on any atom is -0.550 e. The number of carboxylic acids is 2. The van der Waals surface area contributed by atoms with Gasteiger partial charge in [0, 0.05) is 31.7 Å². The SMILES string of the molecule is O=C([O-])CCCCCCC(=O)O/C(CCC(=O)OC(=O)CCCCCCC(=O)O)=N\O. The van der Waals surface area contributed by atoms with E-state index in [1.54, 1.807) is 0 Å². The molecule has 0 aromatic heterocycles. The zero-order chi connectivity index (χ0) is 23.5. The number of carbonyl (C=O) groups excluding carboxylic acids is 4. The van der Waals surface area contributed by atoms with Crippen molar-refractivity contribution in [2.24, 2.45) is 5.16 Å². The van der Waals surface area contributed by atoms with Crippen LogP contribution in [0.2, 0.25) is 0 Å². The molecule has 0 heterocycles. The summed E-state index contributed by atoms with van der Waals surface area (Å²) in [6.07, 6.45) is 4.06. The number of unbranched alkanes of at least 4 members (excludes halogenated alkanes) is 6. The van der Waals surface area contributed by atoms with Gasteiger partial charge >= 0.3 is 23.9 Å². The van der Waals surface area contributed by atoms with E-state index >= 15 is 0 Å². The number of oxime groups is 1. The molecule has 0 unspecified atom stereocenters. The molecule has 0 saturated heterocycles. The summed E-state index contributed by atoms with van der Waals surface area (Å²) in [6.45, 7) is 0. The van der Waals surface area contributed by atoms with Gasteiger partial charge in [0.25, 0.3) is 0 Å². The van der Waals surface area contributed by atoms with Crippen LogP contribution in [0, 0.1) is 0 Å².